The fraction of sp³-hybridized carbons (Fsp3) is 0. The molecule has 0 N–H and O–H groups in total. The van der Waals surface area contributed by atoms with Crippen LogP contribution in [0, 0.1) is 39.9 Å². The fourth-order valence-electron chi connectivity index (χ4n) is 0. The van der Waals surface area contributed by atoms with E-state index in [2.05, 4.69) is 0 Å². The molecule has 0 nitrogen and oxygen atoms in total. The molecule has 0 aliphatic heterocycles. The van der Waals surface area contributed by atoms with Crippen molar-refractivity contribution in [3.8, 4) is 0 Å². The van der Waals surface area contributed by atoms with Crippen molar-refractivity contribution >= 4 is 45.5 Å². The largest absolute Gasteiger partial charge is 3.00 e. The summed E-state index contributed by atoms with van der Waals surface area (Å²) >= 11 is 0. The van der Waals surface area contributed by atoms with Crippen LogP contribution in [0.25, 0.3) is 0 Å². The van der Waals surface area contributed by atoms with Gasteiger partial charge in [0.25, 0.3) is 0 Å². The van der Waals surface area contributed by atoms with Crippen LogP contribution >= 0.6 is 0 Å². The molecule has 0 saturated heterocycles. The monoisotopic (exact) mass is 341 g/mol. The Morgan fingerprint density at radius 2 is 0.429 bits per heavy atom. The zero-order chi connectivity index (χ0) is 0. The SMILES string of the molecule is [F-].[F-].[F-].[F-].[F-].[Gd+3].[Sr+2]. The normalized spacial score (nSPS) is 0. The first-order valence-corrected chi connectivity index (χ1v) is 0. The maximum atomic E-state index is 0. The van der Waals surface area contributed by atoms with Crippen LogP contribution in [0.3, 0.4) is 0 Å². The standard InChI is InChI=1S/5FH.Gd.Sr/h5*1H;;/q;;;;;+3;+2/p-5. The predicted octanol–water partition coefficient (Wildman–Crippen LogP) is -15.4. The van der Waals surface area contributed by atoms with E-state index >= 15 is 0 Å². The molecule has 45 valence electrons. The molecule has 0 aromatic rings. The molecule has 0 aromatic heterocycles. The number of halogens is 5. The van der Waals surface area contributed by atoms with Crippen LogP contribution in [0.2, 0.25) is 0 Å². The van der Waals surface area contributed by atoms with Crippen LogP contribution in [0.5, 0.6) is 0 Å². The quantitative estimate of drug-likeness (QED) is 0.304. The van der Waals surface area contributed by atoms with E-state index in [1.165, 1.54) is 0 Å². The Bertz CT molecular complexity index is 8.04. The van der Waals surface area contributed by atoms with E-state index in [9.17, 15) is 0 Å². The van der Waals surface area contributed by atoms with Gasteiger partial charge in [0, 0.05) is 0 Å². The molecule has 1 radical (unpaired) electrons. The van der Waals surface area contributed by atoms with Gasteiger partial charge >= 0.3 is 85.4 Å². The summed E-state index contributed by atoms with van der Waals surface area (Å²) in [7, 11) is 0. The van der Waals surface area contributed by atoms with Gasteiger partial charge in [-0.3, -0.25) is 0 Å². The van der Waals surface area contributed by atoms with E-state index < -0.39 is 0 Å². The van der Waals surface area contributed by atoms with Crippen molar-refractivity contribution in [3.63, 3.8) is 0 Å². The Kier molecular flexibility index (Phi) is 1250. The topological polar surface area (TPSA) is 0 Å². The molecule has 0 atom stereocenters. The second kappa shape index (κ2) is 78.0. The van der Waals surface area contributed by atoms with Crippen LogP contribution < -0.4 is 23.5 Å². The van der Waals surface area contributed by atoms with Crippen LogP contribution in [-0.4, -0.2) is 45.5 Å². The first-order valence-electron chi connectivity index (χ1n) is 0. The summed E-state index contributed by atoms with van der Waals surface area (Å²) in [4.78, 5) is 0. The van der Waals surface area contributed by atoms with Crippen molar-refractivity contribution in [1.29, 1.82) is 0 Å². The fourth-order valence-corrected chi connectivity index (χ4v) is 0. The van der Waals surface area contributed by atoms with Crippen molar-refractivity contribution in [2.75, 3.05) is 0 Å². The Balaban J connectivity index is 0. The van der Waals surface area contributed by atoms with Gasteiger partial charge in [0.15, 0.2) is 0 Å². The van der Waals surface area contributed by atoms with Gasteiger partial charge in [0.05, 0.1) is 0 Å². The van der Waals surface area contributed by atoms with Gasteiger partial charge in [-0.2, -0.15) is 0 Å². The minimum atomic E-state index is 0. The van der Waals surface area contributed by atoms with Crippen molar-refractivity contribution in [3.05, 3.63) is 0 Å². The molecule has 0 aliphatic carbocycles. The Labute approximate surface area is 107 Å². The molecule has 0 fully saturated rings. The second-order valence-corrected chi connectivity index (χ2v) is 0. The third kappa shape index (κ3) is 58.4. The van der Waals surface area contributed by atoms with Gasteiger partial charge < -0.3 is 23.5 Å². The molecule has 7 heteroatoms. The van der Waals surface area contributed by atoms with E-state index in [4.69, 9.17) is 0 Å². The molecule has 0 rings (SSSR count). The van der Waals surface area contributed by atoms with E-state index in [0.29, 0.717) is 0 Å². The maximum absolute atomic E-state index is 0. The van der Waals surface area contributed by atoms with Gasteiger partial charge in [-0.1, -0.05) is 0 Å². The summed E-state index contributed by atoms with van der Waals surface area (Å²) in [6.45, 7) is 0. The smallest absolute Gasteiger partial charge is 1.00 e. The minimum absolute atomic E-state index is 0. The Hall–Kier alpha value is 2.46. The first-order chi connectivity index (χ1) is 0. The molecule has 0 saturated carbocycles. The first kappa shape index (κ1) is 112. The van der Waals surface area contributed by atoms with E-state index in [-0.39, 0.29) is 109 Å². The average molecular weight is 340 g/mol. The molecule has 0 aliphatic rings. The van der Waals surface area contributed by atoms with Crippen LogP contribution in [-0.2, 0) is 0 Å². The van der Waals surface area contributed by atoms with E-state index in [1.807, 2.05) is 0 Å². The molecule has 0 bridgehead atoms. The summed E-state index contributed by atoms with van der Waals surface area (Å²) in [6, 6.07) is 0. The van der Waals surface area contributed by atoms with Gasteiger partial charge in [-0.05, 0) is 0 Å². The van der Waals surface area contributed by atoms with Gasteiger partial charge in [-0.25, -0.2) is 0 Å². The summed E-state index contributed by atoms with van der Waals surface area (Å²) in [5, 5.41) is 0. The molecular weight excluding hydrogens is 340 g/mol. The molecule has 0 amide bonds. The molecular formula is F5GdSr. The minimum Gasteiger partial charge on any atom is -1.00 e. The Morgan fingerprint density at radius 1 is 0.429 bits per heavy atom. The van der Waals surface area contributed by atoms with E-state index in [0.717, 1.165) is 0 Å². The molecule has 0 unspecified atom stereocenters. The summed E-state index contributed by atoms with van der Waals surface area (Å²) in [6.07, 6.45) is 0. The zero-order valence-electron chi connectivity index (χ0n) is 2.95. The Morgan fingerprint density at radius 3 is 0.429 bits per heavy atom. The van der Waals surface area contributed by atoms with E-state index in [1.54, 1.807) is 0 Å². The molecule has 0 heterocycles. The molecule has 7 heavy (non-hydrogen) atoms. The molecule has 0 aromatic carbocycles. The zero-order valence-corrected chi connectivity index (χ0v) is 8.70. The van der Waals surface area contributed by atoms with Crippen LogP contribution in [0.4, 0.5) is 0 Å². The van der Waals surface area contributed by atoms with Crippen LogP contribution in [0.15, 0.2) is 0 Å². The van der Waals surface area contributed by atoms with Gasteiger partial charge in [-0.15, -0.1) is 0 Å². The van der Waals surface area contributed by atoms with Crippen LogP contribution in [0.1, 0.15) is 0 Å². The number of hydrogen-bond acceptors (Lipinski definition) is 0. The van der Waals surface area contributed by atoms with Crippen molar-refractivity contribution < 1.29 is 63.5 Å². The number of rotatable bonds is 0. The van der Waals surface area contributed by atoms with Crippen molar-refractivity contribution in [2.24, 2.45) is 0 Å². The van der Waals surface area contributed by atoms with Crippen molar-refractivity contribution in [1.82, 2.24) is 0 Å². The summed E-state index contributed by atoms with van der Waals surface area (Å²) in [5.41, 5.74) is 0. The average Bonchev–Trinajstić information content (AvgIpc) is 0. The van der Waals surface area contributed by atoms with Gasteiger partial charge in [0.2, 0.25) is 0 Å². The van der Waals surface area contributed by atoms with Crippen molar-refractivity contribution in [2.45, 2.75) is 0 Å². The predicted molar refractivity (Wildman–Crippen MR) is 5.75 cm³/mol. The molecule has 0 spiro atoms. The summed E-state index contributed by atoms with van der Waals surface area (Å²) < 4.78 is 0. The second-order valence-electron chi connectivity index (χ2n) is 0. The number of hydrogen-bond donors (Lipinski definition) is 0. The third-order valence-electron chi connectivity index (χ3n) is 0. The maximum Gasteiger partial charge on any atom is 3.00 e. The van der Waals surface area contributed by atoms with Gasteiger partial charge in [0.1, 0.15) is 0 Å². The third-order valence-corrected chi connectivity index (χ3v) is 0. The summed E-state index contributed by atoms with van der Waals surface area (Å²) in [5.74, 6) is 0.